The van der Waals surface area contributed by atoms with Gasteiger partial charge in [-0.1, -0.05) is 42.5 Å². The van der Waals surface area contributed by atoms with Crippen LogP contribution in [0.1, 0.15) is 5.56 Å². The average Bonchev–Trinajstić information content (AvgIpc) is 2.95. The van der Waals surface area contributed by atoms with Crippen LogP contribution in [0.25, 0.3) is 10.8 Å². The van der Waals surface area contributed by atoms with Crippen LogP contribution in [0.2, 0.25) is 0 Å². The molecule has 0 unspecified atom stereocenters. The van der Waals surface area contributed by atoms with Crippen molar-refractivity contribution >= 4 is 26.7 Å². The number of amides is 1. The highest BCUT2D eigenvalue weighted by molar-refractivity contribution is 7.89. The van der Waals surface area contributed by atoms with Gasteiger partial charge in [-0.05, 0) is 16.3 Å². The van der Waals surface area contributed by atoms with Gasteiger partial charge in [0, 0.05) is 33.1 Å². The van der Waals surface area contributed by atoms with E-state index in [0.29, 0.717) is 0 Å². The minimum atomic E-state index is -3.41. The van der Waals surface area contributed by atoms with E-state index in [1.807, 2.05) is 42.5 Å². The number of aliphatic hydroxyl groups excluding tert-OH is 1. The molecule has 26 heavy (non-hydrogen) atoms. The summed E-state index contributed by atoms with van der Waals surface area (Å²) in [6.07, 6.45) is -0.574. The maximum absolute atomic E-state index is 12.6. The smallest absolute Gasteiger partial charge is 0.227 e. The highest BCUT2D eigenvalue weighted by Gasteiger charge is 2.37. The average molecular weight is 376 g/mol. The molecule has 1 N–H and O–H groups in total. The fourth-order valence-electron chi connectivity index (χ4n) is 3.28. The van der Waals surface area contributed by atoms with E-state index in [0.717, 1.165) is 20.6 Å². The van der Waals surface area contributed by atoms with Gasteiger partial charge in [-0.2, -0.15) is 0 Å². The molecule has 2 atom stereocenters. The van der Waals surface area contributed by atoms with E-state index in [4.69, 9.17) is 0 Å². The minimum absolute atomic E-state index is 0.0934. The van der Waals surface area contributed by atoms with Gasteiger partial charge in [0.2, 0.25) is 15.9 Å². The molecule has 2 aromatic rings. The Morgan fingerprint density at radius 3 is 2.54 bits per heavy atom. The van der Waals surface area contributed by atoms with Crippen molar-refractivity contribution in [3.63, 3.8) is 0 Å². The van der Waals surface area contributed by atoms with Gasteiger partial charge in [0.05, 0.1) is 18.3 Å². The molecule has 1 heterocycles. The normalized spacial score (nSPS) is 20.8. The summed E-state index contributed by atoms with van der Waals surface area (Å²) in [5.74, 6) is -0.701. The molecule has 1 saturated heterocycles. The van der Waals surface area contributed by atoms with Gasteiger partial charge >= 0.3 is 0 Å². The second-order valence-corrected chi connectivity index (χ2v) is 9.27. The van der Waals surface area contributed by atoms with Crippen LogP contribution in [0, 0.1) is 5.92 Å². The van der Waals surface area contributed by atoms with Gasteiger partial charge in [0.15, 0.2) is 0 Å². The fraction of sp³-hybridized carbons (Fsp3) is 0.421. The number of fused-ring (bicyclic) bond motifs is 1. The number of carbonyl (C=O) groups is 1. The number of nitrogens with zero attached hydrogens (tertiary/aromatic N) is 2. The number of likely N-dealkylation sites (tertiary alicyclic amines) is 1. The van der Waals surface area contributed by atoms with E-state index >= 15 is 0 Å². The van der Waals surface area contributed by atoms with Crippen molar-refractivity contribution in [3.05, 3.63) is 48.0 Å². The molecular weight excluding hydrogens is 352 g/mol. The zero-order valence-corrected chi connectivity index (χ0v) is 15.8. The number of aliphatic hydroxyl groups is 1. The first-order chi connectivity index (χ1) is 12.3. The molecule has 1 aliphatic heterocycles. The lowest BCUT2D eigenvalue weighted by Gasteiger charge is -2.18. The molecule has 1 fully saturated rings. The monoisotopic (exact) mass is 376 g/mol. The third kappa shape index (κ3) is 4.06. The van der Waals surface area contributed by atoms with Crippen LogP contribution in [0.15, 0.2) is 42.5 Å². The topological polar surface area (TPSA) is 77.9 Å². The SMILES string of the molecule is CN(C)S(=O)(=O)C[C@@H]1CN(C(=O)Cc2ccc3ccccc3c2)C[C@@H]1O. The van der Waals surface area contributed by atoms with Gasteiger partial charge < -0.3 is 10.0 Å². The van der Waals surface area contributed by atoms with Crippen LogP contribution in [0.3, 0.4) is 0 Å². The molecule has 1 aliphatic rings. The van der Waals surface area contributed by atoms with Gasteiger partial charge in [0.1, 0.15) is 0 Å². The van der Waals surface area contributed by atoms with Crippen LogP contribution in [-0.4, -0.2) is 67.7 Å². The summed E-state index contributed by atoms with van der Waals surface area (Å²) < 4.78 is 25.2. The number of sulfonamides is 1. The van der Waals surface area contributed by atoms with Crippen molar-refractivity contribution in [3.8, 4) is 0 Å². The molecule has 2 aromatic carbocycles. The highest BCUT2D eigenvalue weighted by atomic mass is 32.2. The molecule has 6 nitrogen and oxygen atoms in total. The summed E-state index contributed by atoms with van der Waals surface area (Å²) in [6, 6.07) is 13.9. The van der Waals surface area contributed by atoms with Gasteiger partial charge in [-0.15, -0.1) is 0 Å². The number of carbonyl (C=O) groups excluding carboxylic acids is 1. The van der Waals surface area contributed by atoms with Crippen molar-refractivity contribution in [1.82, 2.24) is 9.21 Å². The number of hydrogen-bond donors (Lipinski definition) is 1. The number of benzene rings is 2. The fourth-order valence-corrected chi connectivity index (χ4v) is 4.44. The molecule has 0 saturated carbocycles. The van der Waals surface area contributed by atoms with Gasteiger partial charge in [-0.3, -0.25) is 4.79 Å². The predicted octanol–water partition coefficient (Wildman–Crippen LogP) is 1.09. The molecule has 1 amide bonds. The summed E-state index contributed by atoms with van der Waals surface area (Å²) in [4.78, 5) is 14.2. The lowest BCUT2D eigenvalue weighted by atomic mass is 10.0. The second kappa shape index (κ2) is 7.34. The lowest BCUT2D eigenvalue weighted by molar-refractivity contribution is -0.129. The first kappa shape index (κ1) is 18.8. The molecule has 0 radical (unpaired) electrons. The zero-order chi connectivity index (χ0) is 18.9. The number of rotatable bonds is 5. The Bertz CT molecular complexity index is 911. The predicted molar refractivity (Wildman–Crippen MR) is 101 cm³/mol. The van der Waals surface area contributed by atoms with Crippen molar-refractivity contribution in [1.29, 1.82) is 0 Å². The number of β-amino-alcohol motifs (C(OH)–C–C–N with tert-alkyl or cyclic N) is 1. The van der Waals surface area contributed by atoms with Crippen LogP contribution in [-0.2, 0) is 21.2 Å². The summed E-state index contributed by atoms with van der Waals surface area (Å²) in [5, 5.41) is 12.4. The van der Waals surface area contributed by atoms with E-state index in [1.54, 1.807) is 4.90 Å². The molecular formula is C19H24N2O4S. The Balaban J connectivity index is 1.66. The zero-order valence-electron chi connectivity index (χ0n) is 15.0. The molecule has 0 aliphatic carbocycles. The first-order valence-electron chi connectivity index (χ1n) is 8.60. The van der Waals surface area contributed by atoms with Crippen molar-refractivity contribution in [2.75, 3.05) is 32.9 Å². The Hall–Kier alpha value is -1.96. The molecule has 0 spiro atoms. The van der Waals surface area contributed by atoms with Crippen LogP contribution < -0.4 is 0 Å². The van der Waals surface area contributed by atoms with Crippen LogP contribution >= 0.6 is 0 Å². The summed E-state index contributed by atoms with van der Waals surface area (Å²) in [5.41, 5.74) is 0.910. The third-order valence-electron chi connectivity index (χ3n) is 4.91. The standard InChI is InChI=1S/C19H24N2O4S/c1-20(2)26(24,25)13-17-11-21(12-18(17)22)19(23)10-14-7-8-15-5-3-4-6-16(15)9-14/h3-9,17-18,22H,10-13H2,1-2H3/t17-,18-/m0/s1. The molecule has 3 rings (SSSR count). The minimum Gasteiger partial charge on any atom is -0.391 e. The van der Waals surface area contributed by atoms with Crippen molar-refractivity contribution in [2.45, 2.75) is 12.5 Å². The Kier molecular flexibility index (Phi) is 5.32. The van der Waals surface area contributed by atoms with E-state index in [9.17, 15) is 18.3 Å². The van der Waals surface area contributed by atoms with E-state index in [1.165, 1.54) is 14.1 Å². The molecule has 7 heteroatoms. The third-order valence-corrected chi connectivity index (χ3v) is 6.87. The van der Waals surface area contributed by atoms with Crippen LogP contribution in [0.4, 0.5) is 0 Å². The maximum atomic E-state index is 12.6. The molecule has 0 aromatic heterocycles. The molecule has 140 valence electrons. The Morgan fingerprint density at radius 2 is 1.85 bits per heavy atom. The van der Waals surface area contributed by atoms with E-state index < -0.39 is 22.0 Å². The van der Waals surface area contributed by atoms with E-state index in [-0.39, 0.29) is 31.2 Å². The first-order valence-corrected chi connectivity index (χ1v) is 10.2. The van der Waals surface area contributed by atoms with E-state index in [2.05, 4.69) is 0 Å². The summed E-state index contributed by atoms with van der Waals surface area (Å²) >= 11 is 0. The lowest BCUT2D eigenvalue weighted by Crippen LogP contribution is -2.34. The van der Waals surface area contributed by atoms with Gasteiger partial charge in [-0.25, -0.2) is 12.7 Å². The second-order valence-electron chi connectivity index (χ2n) is 7.05. The maximum Gasteiger partial charge on any atom is 0.227 e. The number of hydrogen-bond acceptors (Lipinski definition) is 4. The van der Waals surface area contributed by atoms with Gasteiger partial charge in [0.25, 0.3) is 0 Å². The van der Waals surface area contributed by atoms with Crippen molar-refractivity contribution in [2.24, 2.45) is 5.92 Å². The molecule has 0 bridgehead atoms. The Labute approximate surface area is 154 Å². The largest absolute Gasteiger partial charge is 0.391 e. The highest BCUT2D eigenvalue weighted by Crippen LogP contribution is 2.22. The van der Waals surface area contributed by atoms with Crippen LogP contribution in [0.5, 0.6) is 0 Å². The Morgan fingerprint density at radius 1 is 1.15 bits per heavy atom. The summed E-state index contributed by atoms with van der Waals surface area (Å²) in [6.45, 7) is 0.445. The quantitative estimate of drug-likeness (QED) is 0.847. The van der Waals surface area contributed by atoms with Crippen molar-refractivity contribution < 1.29 is 18.3 Å². The summed E-state index contributed by atoms with van der Waals surface area (Å²) in [7, 11) is -0.468.